The number of rotatable bonds is 14. The first-order valence-corrected chi connectivity index (χ1v) is 21.7. The molecule has 0 fully saturated rings. The first-order valence-electron chi connectivity index (χ1n) is 14.5. The summed E-state index contributed by atoms with van der Waals surface area (Å²) in [6, 6.07) is 9.16. The summed E-state index contributed by atoms with van der Waals surface area (Å²) in [5.41, 5.74) is -2.61. The van der Waals surface area contributed by atoms with Crippen molar-refractivity contribution in [1.29, 1.82) is 0 Å². The van der Waals surface area contributed by atoms with Gasteiger partial charge in [0.1, 0.15) is 30.8 Å². The van der Waals surface area contributed by atoms with Crippen LogP contribution in [0.1, 0.15) is 0 Å². The maximum absolute atomic E-state index is 13.9. The number of aromatic nitrogens is 3. The monoisotopic (exact) mass is 965 g/mol. The fourth-order valence-corrected chi connectivity index (χ4v) is 8.01. The third-order valence-electron chi connectivity index (χ3n) is 6.96. The van der Waals surface area contributed by atoms with E-state index in [9.17, 15) is 66.0 Å². The number of nitrogens with zero attached hydrogens (tertiary/aromatic N) is 5. The van der Waals surface area contributed by atoms with Crippen molar-refractivity contribution >= 4 is 96.0 Å². The second-order valence-corrected chi connectivity index (χ2v) is 18.1. The second kappa shape index (κ2) is 21.9. The Morgan fingerprint density at radius 3 is 1.87 bits per heavy atom. The van der Waals surface area contributed by atoms with E-state index in [1.165, 1.54) is 18.2 Å². The van der Waals surface area contributed by atoms with E-state index in [-0.39, 0.29) is 124 Å². The van der Waals surface area contributed by atoms with Crippen molar-refractivity contribution in [2.75, 3.05) is 23.0 Å². The van der Waals surface area contributed by atoms with Gasteiger partial charge in [0.15, 0.2) is 9.84 Å². The van der Waals surface area contributed by atoms with Gasteiger partial charge < -0.3 is 30.0 Å². The fraction of sp³-hybridized carbons (Fsp3) is 0.0741. The smallest absolute Gasteiger partial charge is 0.870 e. The molecule has 1 heterocycles. The molecule has 0 aliphatic carbocycles. The zero-order valence-electron chi connectivity index (χ0n) is 31.1. The Kier molecular flexibility index (Phi) is 20.7. The summed E-state index contributed by atoms with van der Waals surface area (Å²) in [7, 11) is -25.1. The zero-order chi connectivity index (χ0) is 41.4. The van der Waals surface area contributed by atoms with Gasteiger partial charge in [-0.05, 0) is 59.3 Å². The average Bonchev–Trinajstić information content (AvgIpc) is 3.05. The molecule has 5 aromatic rings. The van der Waals surface area contributed by atoms with Gasteiger partial charge in [0, 0.05) is 11.4 Å². The van der Waals surface area contributed by atoms with E-state index >= 15 is 0 Å². The molecular weight excluding hydrogens is 947 g/mol. The summed E-state index contributed by atoms with van der Waals surface area (Å²) >= 11 is 0. The van der Waals surface area contributed by atoms with E-state index in [0.29, 0.717) is 18.2 Å². The first kappa shape index (κ1) is 56.5. The van der Waals surface area contributed by atoms with Gasteiger partial charge in [0.05, 0.1) is 38.7 Å². The van der Waals surface area contributed by atoms with Gasteiger partial charge >= 0.3 is 129 Å². The third kappa shape index (κ3) is 14.8. The molecule has 0 amide bonds. The Balaban J connectivity index is 0.00000450. The molecule has 0 saturated carbocycles. The summed E-state index contributed by atoms with van der Waals surface area (Å²) < 4.78 is 166. The molecule has 0 bridgehead atoms. The molecule has 24 nitrogen and oxygen atoms in total. The predicted molar refractivity (Wildman–Crippen MR) is 182 cm³/mol. The van der Waals surface area contributed by atoms with Gasteiger partial charge in [-0.25, -0.2) is 39.4 Å². The molecule has 298 valence electrons. The van der Waals surface area contributed by atoms with Crippen LogP contribution in [0, 0.1) is 0 Å². The summed E-state index contributed by atoms with van der Waals surface area (Å²) in [5, 5.41) is 36.9. The van der Waals surface area contributed by atoms with Crippen LogP contribution in [0.15, 0.2) is 96.5 Å². The Bertz CT molecular complexity index is 3020. The van der Waals surface area contributed by atoms with Crippen molar-refractivity contribution in [3.05, 3.63) is 66.7 Å². The minimum atomic E-state index is -5.42. The standard InChI is InChI=1S/C27H23N7O17S5.4Na/c35-24-22-14(11-21(55(45,46)47)23(24)34-33-18-6-1-2-7-20(18)54(42,43)44)10-17(53(39,40)41)13-19(22)29-26-30-25(31-27(36)32-26)28-15-4-3-5-16(12-15)52(37,38)9-8-51-56(48,49)50;;;;/h1-7,10-13,35H,8-9H2,(H,39,40,41)(H,42,43,44)(H,45,46,47)(H,48,49,50)(H3,28,29,30,31,32,36);;;;/q;4*+1/p-4. The van der Waals surface area contributed by atoms with Gasteiger partial charge in [-0.2, -0.15) is 21.8 Å². The second-order valence-electron chi connectivity index (χ2n) is 10.8. The first-order chi connectivity index (χ1) is 25.8. The molecule has 0 radical (unpaired) electrons. The average molecular weight is 966 g/mol. The van der Waals surface area contributed by atoms with Crippen LogP contribution < -0.4 is 139 Å². The molecule has 0 unspecified atom stereocenters. The number of hydrogen-bond donors (Lipinski definition) is 4. The molecule has 4 N–H and O–H groups in total. The third-order valence-corrected chi connectivity index (χ3v) is 11.7. The molecule has 0 aliphatic heterocycles. The number of sulfone groups is 1. The van der Waals surface area contributed by atoms with Crippen molar-refractivity contribution in [3.8, 4) is 11.8 Å². The molecule has 5 rings (SSSR count). The Hall–Kier alpha value is -1.50. The molecule has 0 spiro atoms. The Morgan fingerprint density at radius 2 is 1.28 bits per heavy atom. The van der Waals surface area contributed by atoms with Gasteiger partial charge in [-0.3, -0.25) is 9.11 Å². The summed E-state index contributed by atoms with van der Waals surface area (Å²) in [6.45, 7) is -0.934. The number of benzene rings is 4. The largest absolute Gasteiger partial charge is 1.00 e. The number of fused-ring (bicyclic) bond motifs is 1. The molecule has 0 saturated heterocycles. The number of anilines is 4. The van der Waals surface area contributed by atoms with Crippen molar-refractivity contribution in [1.82, 2.24) is 15.0 Å². The van der Waals surface area contributed by atoms with Crippen LogP contribution in [0.5, 0.6) is 11.8 Å². The minimum Gasteiger partial charge on any atom is -0.870 e. The van der Waals surface area contributed by atoms with Gasteiger partial charge in [-0.1, -0.05) is 23.9 Å². The van der Waals surface area contributed by atoms with Crippen LogP contribution in [0.2, 0.25) is 0 Å². The van der Waals surface area contributed by atoms with Gasteiger partial charge in [0.2, 0.25) is 11.9 Å². The van der Waals surface area contributed by atoms with Crippen LogP contribution in [0.3, 0.4) is 0 Å². The van der Waals surface area contributed by atoms with Crippen molar-refractivity contribution in [2.45, 2.75) is 19.6 Å². The van der Waals surface area contributed by atoms with Crippen LogP contribution >= 0.6 is 0 Å². The number of azo groups is 1. The molecule has 33 heteroatoms. The summed E-state index contributed by atoms with van der Waals surface area (Å²) in [6.07, 6.45) is 0. The summed E-state index contributed by atoms with van der Waals surface area (Å²) in [4.78, 5) is 7.23. The van der Waals surface area contributed by atoms with E-state index in [1.807, 2.05) is 0 Å². The van der Waals surface area contributed by atoms with Crippen LogP contribution in [-0.4, -0.2) is 87.6 Å². The molecule has 4 aromatic carbocycles. The maximum atomic E-state index is 13.9. The molecular formula is C27H19N7Na4O17S5. The van der Waals surface area contributed by atoms with E-state index in [4.69, 9.17) is 4.55 Å². The molecule has 0 atom stereocenters. The van der Waals surface area contributed by atoms with Crippen molar-refractivity contribution < 1.29 is 193 Å². The minimum absolute atomic E-state index is 0. The van der Waals surface area contributed by atoms with Gasteiger partial charge in [-0.15, -0.1) is 10.2 Å². The molecule has 1 aromatic heterocycles. The van der Waals surface area contributed by atoms with Crippen LogP contribution in [0.25, 0.3) is 10.8 Å². The molecule has 0 aliphatic rings. The quantitative estimate of drug-likeness (QED) is 0.0456. The zero-order valence-corrected chi connectivity index (χ0v) is 43.1. The topological polar surface area (TPSA) is 400 Å². The van der Waals surface area contributed by atoms with E-state index in [1.54, 1.807) is 0 Å². The number of hydrogen-bond acceptors (Lipinski definition) is 22. The summed E-state index contributed by atoms with van der Waals surface area (Å²) in [5.74, 6) is -3.69. The van der Waals surface area contributed by atoms with E-state index < -0.39 is 134 Å². The van der Waals surface area contributed by atoms with Crippen LogP contribution in [-0.2, 0) is 54.8 Å². The SMILES string of the molecule is O=S(=O)(O)OCCS(=O)(=O)c1cccc(Nc2nc([O-])nc(Nc3cc(S(=O)(=O)[O-])cc4cc(S(=O)(=O)O)c(N=Nc5ccccc5S(=O)(=O)[O-])c([O-])c34)n2)c1.[Na+].[Na+].[Na+].[Na+]. The van der Waals surface area contributed by atoms with Gasteiger partial charge in [0.25, 0.3) is 10.1 Å². The van der Waals surface area contributed by atoms with Crippen molar-refractivity contribution in [2.24, 2.45) is 10.2 Å². The predicted octanol–water partition coefficient (Wildman–Crippen LogP) is -11.3. The molecule has 60 heavy (non-hydrogen) atoms. The normalized spacial score (nSPS) is 12.1. The van der Waals surface area contributed by atoms with Crippen molar-refractivity contribution in [3.63, 3.8) is 0 Å². The Labute approximate surface area is 429 Å². The Morgan fingerprint density at radius 1 is 0.667 bits per heavy atom. The maximum Gasteiger partial charge on any atom is 1.00 e. The van der Waals surface area contributed by atoms with Crippen LogP contribution in [0.4, 0.5) is 34.6 Å². The van der Waals surface area contributed by atoms with E-state index in [2.05, 4.69) is 40.0 Å². The fourth-order valence-electron chi connectivity index (χ4n) is 4.69. The van der Waals surface area contributed by atoms with E-state index in [0.717, 1.165) is 30.3 Å². The number of nitrogens with one attached hydrogen (secondary N) is 2.